The van der Waals surface area contributed by atoms with Gasteiger partial charge in [-0.15, -0.1) is 15.9 Å². The first-order valence-electron chi connectivity index (χ1n) is 16.5. The largest absolute Gasteiger partial charge is 0.487 e. The van der Waals surface area contributed by atoms with Crippen LogP contribution in [0, 0.1) is 19.7 Å². The second kappa shape index (κ2) is 13.5. The van der Waals surface area contributed by atoms with Gasteiger partial charge >= 0.3 is 0 Å². The predicted molar refractivity (Wildman–Crippen MR) is 189 cm³/mol. The predicted octanol–water partition coefficient (Wildman–Crippen LogP) is 7.64. The smallest absolute Gasteiger partial charge is 0.253 e. The number of amides is 1. The van der Waals surface area contributed by atoms with Crippen LogP contribution in [0.25, 0.3) is 11.0 Å². The second-order valence-corrected chi connectivity index (χ2v) is 15.2. The summed E-state index contributed by atoms with van der Waals surface area (Å²) in [6, 6.07) is 18.5. The molecule has 0 aliphatic carbocycles. The second-order valence-electron chi connectivity index (χ2n) is 13.2. The number of benzene rings is 3. The summed E-state index contributed by atoms with van der Waals surface area (Å²) in [5.74, 6) is -0.958. The minimum absolute atomic E-state index is 0.119. The molecule has 3 aromatic carbocycles. The SMILES string of the molecule is CCC1CN(Cc2cc([C@@H](c3ccc4c(nnn4CC)c3C)C(C)(C)NC(=O)c3cncc(F)c3)ccc2C)S(O)(O)c2ccccc2O1. The number of carbonyl (C=O) groups excluding carboxylic acids is 1. The Balaban J connectivity index is 1.45. The first kappa shape index (κ1) is 34.5. The summed E-state index contributed by atoms with van der Waals surface area (Å²) in [7, 11) is -3.38. The van der Waals surface area contributed by atoms with Crippen LogP contribution >= 0.6 is 10.8 Å². The summed E-state index contributed by atoms with van der Waals surface area (Å²) in [4.78, 5) is 17.8. The highest BCUT2D eigenvalue weighted by Crippen LogP contribution is 2.57. The fourth-order valence-electron chi connectivity index (χ4n) is 6.75. The van der Waals surface area contributed by atoms with Gasteiger partial charge in [0.05, 0.1) is 23.8 Å². The molecule has 0 radical (unpaired) electrons. The summed E-state index contributed by atoms with van der Waals surface area (Å²) in [5, 5.41) is 12.0. The monoisotopic (exact) mass is 686 g/mol. The molecule has 0 bridgehead atoms. The molecule has 258 valence electrons. The number of para-hydroxylation sites is 1. The standard InChI is InChI=1S/C37H43FN6O4S/c1-7-29-22-43(49(46,47)33-12-10-9-11-32(33)48-29)21-27-17-25(14-13-23(27)3)34(30-15-16-31-35(24(30)4)41-42-44(31)8-2)37(5,6)40-36(45)26-18-28(38)20-39-19-26/h9-20,29,34,46-47H,7-8,21-22H2,1-6H3,(H,40,45)/t29?,34-/m0/s1. The van der Waals surface area contributed by atoms with Crippen LogP contribution in [0.1, 0.15) is 78.2 Å². The van der Waals surface area contributed by atoms with Gasteiger partial charge in [-0.3, -0.25) is 18.9 Å². The Hall–Kier alpha value is -4.36. The van der Waals surface area contributed by atoms with Crippen molar-refractivity contribution in [1.82, 2.24) is 29.6 Å². The van der Waals surface area contributed by atoms with E-state index in [0.717, 1.165) is 45.0 Å². The third kappa shape index (κ3) is 6.65. The highest BCUT2D eigenvalue weighted by molar-refractivity contribution is 8.22. The van der Waals surface area contributed by atoms with Gasteiger partial charge in [0, 0.05) is 30.7 Å². The molecule has 2 aromatic heterocycles. The van der Waals surface area contributed by atoms with Gasteiger partial charge in [0.2, 0.25) is 0 Å². The fourth-order valence-corrected chi connectivity index (χ4v) is 8.36. The molecule has 1 aliphatic heterocycles. The van der Waals surface area contributed by atoms with E-state index >= 15 is 0 Å². The molecule has 5 aromatic rings. The Morgan fingerprint density at radius 3 is 2.61 bits per heavy atom. The van der Waals surface area contributed by atoms with Gasteiger partial charge in [-0.25, -0.2) is 9.07 Å². The summed E-state index contributed by atoms with van der Waals surface area (Å²) in [6.07, 6.45) is 2.87. The summed E-state index contributed by atoms with van der Waals surface area (Å²) >= 11 is 0. The lowest BCUT2D eigenvalue weighted by Crippen LogP contribution is -2.48. The number of aromatic nitrogens is 4. The molecule has 49 heavy (non-hydrogen) atoms. The van der Waals surface area contributed by atoms with Crippen molar-refractivity contribution in [3.63, 3.8) is 0 Å². The van der Waals surface area contributed by atoms with Crippen molar-refractivity contribution < 1.29 is 23.0 Å². The van der Waals surface area contributed by atoms with Gasteiger partial charge in [-0.1, -0.05) is 48.5 Å². The lowest BCUT2D eigenvalue weighted by Gasteiger charge is -2.42. The zero-order valence-electron chi connectivity index (χ0n) is 28.6. The molecular formula is C37H43FN6O4S. The van der Waals surface area contributed by atoms with Crippen LogP contribution in [0.15, 0.2) is 78.0 Å². The lowest BCUT2D eigenvalue weighted by molar-refractivity contribution is 0.0905. The lowest BCUT2D eigenvalue weighted by atomic mass is 9.74. The number of nitrogens with zero attached hydrogens (tertiary/aromatic N) is 5. The van der Waals surface area contributed by atoms with Gasteiger partial charge in [0.1, 0.15) is 28.1 Å². The molecule has 6 rings (SSSR count). The van der Waals surface area contributed by atoms with E-state index in [-0.39, 0.29) is 18.2 Å². The van der Waals surface area contributed by atoms with E-state index < -0.39 is 34.0 Å². The number of aryl methyl sites for hydroxylation is 3. The zero-order chi connectivity index (χ0) is 35.1. The Morgan fingerprint density at radius 1 is 1.10 bits per heavy atom. The van der Waals surface area contributed by atoms with E-state index in [1.165, 1.54) is 12.3 Å². The Morgan fingerprint density at radius 2 is 1.88 bits per heavy atom. The number of nitrogens with one attached hydrogen (secondary N) is 1. The average Bonchev–Trinajstić information content (AvgIpc) is 3.46. The quantitative estimate of drug-likeness (QED) is 0.145. The van der Waals surface area contributed by atoms with Crippen molar-refractivity contribution in [2.75, 3.05) is 6.54 Å². The maximum Gasteiger partial charge on any atom is 0.253 e. The molecule has 10 nitrogen and oxygen atoms in total. The Bertz CT molecular complexity index is 2010. The van der Waals surface area contributed by atoms with E-state index in [2.05, 4.69) is 32.7 Å². The van der Waals surface area contributed by atoms with Gasteiger partial charge in [-0.05, 0) is 93.1 Å². The maximum absolute atomic E-state index is 14.1. The number of halogens is 1. The van der Waals surface area contributed by atoms with E-state index in [9.17, 15) is 18.3 Å². The van der Waals surface area contributed by atoms with Crippen LogP contribution in [-0.4, -0.2) is 57.5 Å². The molecule has 2 atom stereocenters. The molecule has 0 saturated heterocycles. The van der Waals surface area contributed by atoms with Gasteiger partial charge in [0.25, 0.3) is 5.91 Å². The Kier molecular flexibility index (Phi) is 9.51. The molecule has 3 heterocycles. The van der Waals surface area contributed by atoms with E-state index in [4.69, 9.17) is 4.74 Å². The highest BCUT2D eigenvalue weighted by atomic mass is 32.3. The minimum atomic E-state index is -3.38. The fraction of sp³-hybridized carbons (Fsp3) is 0.351. The molecule has 1 unspecified atom stereocenters. The van der Waals surface area contributed by atoms with E-state index in [1.54, 1.807) is 22.5 Å². The average molecular weight is 687 g/mol. The third-order valence-electron chi connectivity index (χ3n) is 9.43. The van der Waals surface area contributed by atoms with Crippen LogP contribution < -0.4 is 10.1 Å². The third-order valence-corrected chi connectivity index (χ3v) is 11.4. The molecule has 3 N–H and O–H groups in total. The van der Waals surface area contributed by atoms with Crippen LogP contribution in [-0.2, 0) is 13.1 Å². The number of hydrogen-bond donors (Lipinski definition) is 3. The summed E-state index contributed by atoms with van der Waals surface area (Å²) in [5.41, 5.74) is 5.58. The van der Waals surface area contributed by atoms with Crippen molar-refractivity contribution in [3.8, 4) is 5.75 Å². The number of carbonyl (C=O) groups is 1. The minimum Gasteiger partial charge on any atom is -0.487 e. The molecule has 1 aliphatic rings. The van der Waals surface area contributed by atoms with E-state index in [1.807, 2.05) is 70.5 Å². The van der Waals surface area contributed by atoms with Gasteiger partial charge in [0.15, 0.2) is 0 Å². The number of pyridine rings is 1. The molecular weight excluding hydrogens is 644 g/mol. The topological polar surface area (TPSA) is 126 Å². The maximum atomic E-state index is 14.1. The van der Waals surface area contributed by atoms with Crippen LogP contribution in [0.3, 0.4) is 0 Å². The molecule has 0 saturated carbocycles. The van der Waals surface area contributed by atoms with Crippen molar-refractivity contribution in [1.29, 1.82) is 0 Å². The highest BCUT2D eigenvalue weighted by Gasteiger charge is 2.38. The summed E-state index contributed by atoms with van der Waals surface area (Å²) < 4.78 is 47.2. The normalized spacial score (nSPS) is 17.5. The number of rotatable bonds is 9. The van der Waals surface area contributed by atoms with Gasteiger partial charge < -0.3 is 10.1 Å². The number of fused-ring (bicyclic) bond motifs is 2. The number of ether oxygens (including phenoxy) is 1. The van der Waals surface area contributed by atoms with Crippen LogP contribution in [0.2, 0.25) is 0 Å². The first-order valence-corrected chi connectivity index (χ1v) is 18.0. The van der Waals surface area contributed by atoms with Crippen molar-refractivity contribution in [3.05, 3.63) is 112 Å². The van der Waals surface area contributed by atoms with Crippen molar-refractivity contribution in [2.24, 2.45) is 0 Å². The van der Waals surface area contributed by atoms with Crippen molar-refractivity contribution >= 4 is 27.7 Å². The molecule has 1 amide bonds. The first-order chi connectivity index (χ1) is 23.3. The Labute approximate surface area is 287 Å². The van der Waals surface area contributed by atoms with E-state index in [0.29, 0.717) is 30.2 Å². The zero-order valence-corrected chi connectivity index (χ0v) is 29.5. The molecule has 0 fully saturated rings. The van der Waals surface area contributed by atoms with Crippen LogP contribution in [0.4, 0.5) is 4.39 Å². The van der Waals surface area contributed by atoms with Crippen LogP contribution in [0.5, 0.6) is 5.75 Å². The molecule has 12 heteroatoms. The summed E-state index contributed by atoms with van der Waals surface area (Å²) in [6.45, 7) is 13.2. The van der Waals surface area contributed by atoms with Crippen molar-refractivity contribution in [2.45, 2.75) is 83.5 Å². The number of hydrogen-bond acceptors (Lipinski definition) is 8. The van der Waals surface area contributed by atoms with Gasteiger partial charge in [-0.2, -0.15) is 4.31 Å². The molecule has 0 spiro atoms.